The Balaban J connectivity index is 2.24. The Morgan fingerprint density at radius 2 is 1.38 bits per heavy atom. The van der Waals surface area contributed by atoms with Crippen LogP contribution in [0.3, 0.4) is 0 Å². The van der Waals surface area contributed by atoms with E-state index in [-0.39, 0.29) is 0 Å². The van der Waals surface area contributed by atoms with Crippen LogP contribution in [-0.4, -0.2) is 5.66 Å². The summed E-state index contributed by atoms with van der Waals surface area (Å²) in [5.41, 5.74) is 0.903. The van der Waals surface area contributed by atoms with Crippen LogP contribution in [0.2, 0.25) is 0 Å². The Kier molecular flexibility index (Phi) is 6.04. The van der Waals surface area contributed by atoms with Crippen molar-refractivity contribution in [3.8, 4) is 0 Å². The first kappa shape index (κ1) is 11.5. The second kappa shape index (κ2) is 6.82. The van der Waals surface area contributed by atoms with Gasteiger partial charge in [-0.05, 0) is 24.4 Å². The third kappa shape index (κ3) is 5.68. The summed E-state index contributed by atoms with van der Waals surface area (Å²) in [6.45, 7) is 2.43. The molecule has 0 bridgehead atoms. The van der Waals surface area contributed by atoms with E-state index in [4.69, 9.17) is 0 Å². The van der Waals surface area contributed by atoms with Crippen LogP contribution < -0.4 is 0 Å². The monoisotopic (exact) mass is 200 g/mol. The Bertz CT molecular complexity index is 108. The maximum absolute atomic E-state index is 3.04. The summed E-state index contributed by atoms with van der Waals surface area (Å²) < 4.78 is 0. The third-order valence-corrected chi connectivity index (χ3v) is 3.97. The van der Waals surface area contributed by atoms with E-state index in [1.165, 1.54) is 57.8 Å². The molecule has 3 atom stereocenters. The van der Waals surface area contributed by atoms with Gasteiger partial charge in [0.15, 0.2) is 0 Å². The number of rotatable bonds is 0. The summed E-state index contributed by atoms with van der Waals surface area (Å²) in [5, 5.41) is 0. The van der Waals surface area contributed by atoms with Gasteiger partial charge in [-0.25, -0.2) is 0 Å². The fraction of sp³-hybridized carbons (Fsp3) is 1.00. The predicted octanol–water partition coefficient (Wildman–Crippen LogP) is 4.39. The molecule has 3 unspecified atom stereocenters. The number of hydrogen-bond donors (Lipinski definition) is 0. The van der Waals surface area contributed by atoms with E-state index in [0.717, 1.165) is 11.6 Å². The fourth-order valence-electron chi connectivity index (χ4n) is 2.22. The zero-order valence-corrected chi connectivity index (χ0v) is 10.3. The first-order valence-electron chi connectivity index (χ1n) is 6.04. The first-order chi connectivity index (χ1) is 6.29. The van der Waals surface area contributed by atoms with Crippen LogP contribution in [0.1, 0.15) is 64.7 Å². The van der Waals surface area contributed by atoms with E-state index in [2.05, 4.69) is 16.2 Å². The minimum Gasteiger partial charge on any atom is -0.134 e. The molecule has 0 spiro atoms. The van der Waals surface area contributed by atoms with Crippen molar-refractivity contribution in [2.75, 3.05) is 0 Å². The molecule has 1 aliphatic carbocycles. The minimum atomic E-state index is 0.903. The normalized spacial score (nSPS) is 33.7. The van der Waals surface area contributed by atoms with E-state index >= 15 is 0 Å². The lowest BCUT2D eigenvalue weighted by Crippen LogP contribution is -2.01. The van der Waals surface area contributed by atoms with Crippen LogP contribution in [0.4, 0.5) is 0 Å². The molecule has 0 aliphatic heterocycles. The highest BCUT2D eigenvalue weighted by molar-refractivity contribution is 7.17. The summed E-state index contributed by atoms with van der Waals surface area (Å²) >= 11 is 0. The predicted molar refractivity (Wildman–Crippen MR) is 64.2 cm³/mol. The summed E-state index contributed by atoms with van der Waals surface area (Å²) in [6.07, 6.45) is 13.2. The summed E-state index contributed by atoms with van der Waals surface area (Å²) in [7, 11) is 3.04. The van der Waals surface area contributed by atoms with Crippen LogP contribution >= 0.6 is 9.24 Å². The minimum absolute atomic E-state index is 0.903. The van der Waals surface area contributed by atoms with Gasteiger partial charge < -0.3 is 0 Å². The van der Waals surface area contributed by atoms with Crippen molar-refractivity contribution in [1.82, 2.24) is 0 Å². The van der Waals surface area contributed by atoms with Crippen LogP contribution in [-0.2, 0) is 0 Å². The van der Waals surface area contributed by atoms with Crippen LogP contribution in [0.5, 0.6) is 0 Å². The van der Waals surface area contributed by atoms with Gasteiger partial charge in [0.2, 0.25) is 0 Å². The molecule has 0 radical (unpaired) electrons. The SMILES string of the molecule is CC1CCCCCCCC(P)CC1. The second-order valence-corrected chi connectivity index (χ2v) is 5.73. The standard InChI is InChI=1S/C12H25P/c1-11-7-5-3-2-4-6-8-12(13)10-9-11/h11-12H,2-10,13H2,1H3. The molecule has 0 nitrogen and oxygen atoms in total. The lowest BCUT2D eigenvalue weighted by Gasteiger charge is -2.13. The van der Waals surface area contributed by atoms with E-state index in [1.807, 2.05) is 0 Å². The molecule has 0 aromatic heterocycles. The first-order valence-corrected chi connectivity index (χ1v) is 6.71. The maximum atomic E-state index is 3.04. The summed E-state index contributed by atoms with van der Waals surface area (Å²) in [5.74, 6) is 0.973. The van der Waals surface area contributed by atoms with Crippen molar-refractivity contribution >= 4 is 9.24 Å². The largest absolute Gasteiger partial charge is 0.134 e. The van der Waals surface area contributed by atoms with Gasteiger partial charge in [-0.3, -0.25) is 0 Å². The van der Waals surface area contributed by atoms with Gasteiger partial charge in [-0.1, -0.05) is 51.9 Å². The average Bonchev–Trinajstić information content (AvgIpc) is 2.15. The molecule has 13 heavy (non-hydrogen) atoms. The number of hydrogen-bond acceptors (Lipinski definition) is 0. The quantitative estimate of drug-likeness (QED) is 0.509. The highest BCUT2D eigenvalue weighted by Gasteiger charge is 2.08. The van der Waals surface area contributed by atoms with E-state index in [0.29, 0.717) is 0 Å². The van der Waals surface area contributed by atoms with E-state index < -0.39 is 0 Å². The van der Waals surface area contributed by atoms with Gasteiger partial charge in [-0.2, -0.15) is 0 Å². The van der Waals surface area contributed by atoms with Crippen molar-refractivity contribution in [2.24, 2.45) is 5.92 Å². The molecule has 1 saturated carbocycles. The van der Waals surface area contributed by atoms with E-state index in [1.54, 1.807) is 0 Å². The second-order valence-electron chi connectivity index (χ2n) is 4.79. The molecule has 1 rings (SSSR count). The van der Waals surface area contributed by atoms with Crippen LogP contribution in [0, 0.1) is 5.92 Å². The molecule has 0 N–H and O–H groups in total. The fourth-order valence-corrected chi connectivity index (χ4v) is 2.65. The van der Waals surface area contributed by atoms with Crippen molar-refractivity contribution in [3.05, 3.63) is 0 Å². The van der Waals surface area contributed by atoms with Gasteiger partial charge in [0.05, 0.1) is 0 Å². The van der Waals surface area contributed by atoms with Crippen LogP contribution in [0.15, 0.2) is 0 Å². The van der Waals surface area contributed by atoms with E-state index in [9.17, 15) is 0 Å². The molecule has 0 aromatic rings. The van der Waals surface area contributed by atoms with Crippen LogP contribution in [0.25, 0.3) is 0 Å². The molecular formula is C12H25P. The molecule has 0 saturated heterocycles. The van der Waals surface area contributed by atoms with Gasteiger partial charge >= 0.3 is 0 Å². The zero-order chi connectivity index (χ0) is 9.52. The molecule has 0 amide bonds. The molecule has 0 aromatic carbocycles. The molecule has 0 heterocycles. The molecular weight excluding hydrogens is 175 g/mol. The topological polar surface area (TPSA) is 0 Å². The van der Waals surface area contributed by atoms with Crippen molar-refractivity contribution in [1.29, 1.82) is 0 Å². The Hall–Kier alpha value is 0.430. The Morgan fingerprint density at radius 3 is 2.15 bits per heavy atom. The maximum Gasteiger partial charge on any atom is -0.0264 e. The van der Waals surface area contributed by atoms with Crippen molar-refractivity contribution in [3.63, 3.8) is 0 Å². The van der Waals surface area contributed by atoms with Gasteiger partial charge in [0, 0.05) is 0 Å². The molecule has 1 heteroatoms. The lowest BCUT2D eigenvalue weighted by molar-refractivity contribution is 0.450. The molecule has 78 valence electrons. The highest BCUT2D eigenvalue weighted by Crippen LogP contribution is 2.24. The zero-order valence-electron chi connectivity index (χ0n) is 9.10. The highest BCUT2D eigenvalue weighted by atomic mass is 31.0. The summed E-state index contributed by atoms with van der Waals surface area (Å²) in [6, 6.07) is 0. The van der Waals surface area contributed by atoms with Crippen molar-refractivity contribution in [2.45, 2.75) is 70.4 Å². The van der Waals surface area contributed by atoms with Gasteiger partial charge in [0.25, 0.3) is 0 Å². The van der Waals surface area contributed by atoms with Gasteiger partial charge in [-0.15, -0.1) is 9.24 Å². The Morgan fingerprint density at radius 1 is 0.769 bits per heavy atom. The average molecular weight is 200 g/mol. The smallest absolute Gasteiger partial charge is 0.0264 e. The Labute approximate surface area is 86.1 Å². The lowest BCUT2D eigenvalue weighted by atomic mass is 9.97. The molecule has 1 aliphatic rings. The van der Waals surface area contributed by atoms with Gasteiger partial charge in [0.1, 0.15) is 0 Å². The van der Waals surface area contributed by atoms with Crippen molar-refractivity contribution < 1.29 is 0 Å². The summed E-state index contributed by atoms with van der Waals surface area (Å²) in [4.78, 5) is 0. The third-order valence-electron chi connectivity index (χ3n) is 3.30. The molecule has 1 fully saturated rings.